The molecule has 0 bridgehead atoms. The molecule has 58 heavy (non-hydrogen) atoms. The molecule has 0 atom stereocenters. The van der Waals surface area contributed by atoms with E-state index in [1.807, 2.05) is 10.6 Å². The number of amides is 4. The van der Waals surface area contributed by atoms with E-state index in [2.05, 4.69) is 20.5 Å². The molecule has 0 saturated heterocycles. The zero-order valence-corrected chi connectivity index (χ0v) is 32.9. The fourth-order valence-electron chi connectivity index (χ4n) is 5.65. The molecule has 306 valence electrons. The van der Waals surface area contributed by atoms with Gasteiger partial charge in [-0.3, -0.25) is 57.6 Å². The number of benzene rings is 2. The molecule has 0 radical (unpaired) electrons. The Kier molecular flexibility index (Phi) is 12.7. The van der Waals surface area contributed by atoms with Crippen LogP contribution < -0.4 is 21.8 Å². The Balaban J connectivity index is 1.87. The molecule has 2 aromatic heterocycles. The van der Waals surface area contributed by atoms with E-state index in [1.54, 1.807) is 0 Å². The van der Waals surface area contributed by atoms with E-state index in [4.69, 9.17) is 0 Å². The Morgan fingerprint density at radius 2 is 0.948 bits per heavy atom. The van der Waals surface area contributed by atoms with Gasteiger partial charge in [-0.15, -0.1) is 10.2 Å². The monoisotopic (exact) mass is 842 g/mol. The zero-order chi connectivity index (χ0) is 43.6. The maximum absolute atomic E-state index is 12.9. The van der Waals surface area contributed by atoms with Crippen LogP contribution in [0.5, 0.6) is 11.8 Å². The molecular weight excluding hydrogens is 809 g/mol. The molecule has 0 fully saturated rings. The molecule has 22 nitrogen and oxygen atoms in total. The number of imide groups is 2. The van der Waals surface area contributed by atoms with Gasteiger partial charge in [-0.1, -0.05) is 12.1 Å². The van der Waals surface area contributed by atoms with Crippen molar-refractivity contribution in [3.63, 3.8) is 0 Å². The van der Waals surface area contributed by atoms with E-state index in [1.165, 1.54) is 27.7 Å². The number of aromatic nitrogens is 2. The molecule has 2 heterocycles. The van der Waals surface area contributed by atoms with Crippen LogP contribution in [-0.4, -0.2) is 68.9 Å². The van der Waals surface area contributed by atoms with Gasteiger partial charge in [0.2, 0.25) is 23.6 Å². The van der Waals surface area contributed by atoms with Crippen LogP contribution >= 0.6 is 0 Å². The molecule has 4 aromatic rings. The maximum atomic E-state index is 12.9. The third kappa shape index (κ3) is 8.94. The van der Waals surface area contributed by atoms with Crippen LogP contribution in [0.3, 0.4) is 0 Å². The van der Waals surface area contributed by atoms with Gasteiger partial charge < -0.3 is 10.2 Å². The fraction of sp³-hybridized carbons (Fsp3) is 0.235. The minimum absolute atomic E-state index is 0.150. The number of nitrogens with one attached hydrogen (secondary N) is 2. The van der Waals surface area contributed by atoms with Gasteiger partial charge in [-0.2, -0.15) is 27.1 Å². The number of carbonyl (C=O) groups excluding carboxylic acids is 4. The van der Waals surface area contributed by atoms with Crippen LogP contribution in [0.4, 0.5) is 22.7 Å². The predicted molar refractivity (Wildman–Crippen MR) is 202 cm³/mol. The largest absolute Gasteiger partial charge is 0.493 e. The van der Waals surface area contributed by atoms with Gasteiger partial charge in [0.25, 0.3) is 43.2 Å². The van der Waals surface area contributed by atoms with Crippen LogP contribution in [-0.2, 0) is 42.9 Å². The third-order valence-electron chi connectivity index (χ3n) is 8.29. The van der Waals surface area contributed by atoms with Gasteiger partial charge in [0.15, 0.2) is 0 Å². The summed E-state index contributed by atoms with van der Waals surface area (Å²) < 4.78 is 72.5. The summed E-state index contributed by atoms with van der Waals surface area (Å²) in [5, 5.41) is 41.0. The lowest BCUT2D eigenvalue weighted by Gasteiger charge is -2.14. The average Bonchev–Trinajstić information content (AvgIpc) is 3.10. The van der Waals surface area contributed by atoms with Crippen molar-refractivity contribution in [3.8, 4) is 22.9 Å². The molecule has 24 heteroatoms. The van der Waals surface area contributed by atoms with Crippen molar-refractivity contribution < 1.29 is 55.3 Å². The zero-order valence-electron chi connectivity index (χ0n) is 31.2. The van der Waals surface area contributed by atoms with Crippen molar-refractivity contribution in [2.45, 2.75) is 64.4 Å². The maximum Gasteiger partial charge on any atom is 0.295 e. The van der Waals surface area contributed by atoms with E-state index in [0.29, 0.717) is 0 Å². The smallest absolute Gasteiger partial charge is 0.295 e. The minimum atomic E-state index is -5.22. The van der Waals surface area contributed by atoms with Crippen molar-refractivity contribution in [2.24, 2.45) is 20.5 Å². The van der Waals surface area contributed by atoms with E-state index in [-0.39, 0.29) is 35.6 Å². The van der Waals surface area contributed by atoms with Crippen LogP contribution in [0.15, 0.2) is 76.2 Å². The van der Waals surface area contributed by atoms with E-state index >= 15 is 0 Å². The van der Waals surface area contributed by atoms with E-state index in [0.717, 1.165) is 59.4 Å². The Morgan fingerprint density at radius 3 is 1.22 bits per heavy atom. The summed E-state index contributed by atoms with van der Waals surface area (Å²) >= 11 is 0. The second-order valence-electron chi connectivity index (χ2n) is 12.2. The highest BCUT2D eigenvalue weighted by atomic mass is 32.2. The summed E-state index contributed by atoms with van der Waals surface area (Å²) in [6, 6.07) is 5.72. The second kappa shape index (κ2) is 16.8. The Bertz CT molecular complexity index is 2650. The average molecular weight is 843 g/mol. The summed E-state index contributed by atoms with van der Waals surface area (Å²) in [4.78, 5) is 72.3. The first kappa shape index (κ1) is 44.0. The van der Waals surface area contributed by atoms with Gasteiger partial charge >= 0.3 is 0 Å². The number of hydrogen-bond acceptors (Lipinski definition) is 16. The highest BCUT2D eigenvalue weighted by Crippen LogP contribution is 2.39. The number of pyridine rings is 2. The number of carbonyl (C=O) groups is 4. The van der Waals surface area contributed by atoms with Crippen molar-refractivity contribution in [2.75, 3.05) is 0 Å². The molecule has 4 amide bonds. The predicted octanol–water partition coefficient (Wildman–Crippen LogP) is 3.62. The number of hydrogen-bond donors (Lipinski definition) is 6. The number of rotatable bonds is 11. The summed E-state index contributed by atoms with van der Waals surface area (Å²) in [5.74, 6) is -5.20. The summed E-state index contributed by atoms with van der Waals surface area (Å²) in [7, 11) is -10.4. The molecule has 4 rings (SSSR count). The normalized spacial score (nSPS) is 11.9. The quantitative estimate of drug-likeness (QED) is 0.0928. The first-order valence-corrected chi connectivity index (χ1v) is 19.5. The molecule has 0 aliphatic carbocycles. The minimum Gasteiger partial charge on any atom is -0.493 e. The van der Waals surface area contributed by atoms with Crippen molar-refractivity contribution >= 4 is 66.6 Å². The van der Waals surface area contributed by atoms with E-state index < -0.39 is 110 Å². The van der Waals surface area contributed by atoms with Gasteiger partial charge in [0, 0.05) is 49.2 Å². The second-order valence-corrected chi connectivity index (χ2v) is 15.0. The lowest BCUT2D eigenvalue weighted by molar-refractivity contribution is -0.119. The molecule has 0 spiro atoms. The Labute approximate surface area is 328 Å². The topological polar surface area (TPSA) is 335 Å². The van der Waals surface area contributed by atoms with Crippen LogP contribution in [0.25, 0.3) is 11.1 Å². The lowest BCUT2D eigenvalue weighted by Crippen LogP contribution is -2.36. The molecule has 6 N–H and O–H groups in total. The van der Waals surface area contributed by atoms with Crippen LogP contribution in [0.1, 0.15) is 59.5 Å². The van der Waals surface area contributed by atoms with Crippen molar-refractivity contribution in [1.29, 1.82) is 0 Å². The Hall–Kier alpha value is -6.76. The van der Waals surface area contributed by atoms with Gasteiger partial charge in [0.05, 0.1) is 11.4 Å². The molecule has 2 aromatic carbocycles. The number of nitrogens with zero attached hydrogens (tertiary/aromatic N) is 6. The van der Waals surface area contributed by atoms with Crippen LogP contribution in [0.2, 0.25) is 0 Å². The number of azo groups is 2. The third-order valence-corrected chi connectivity index (χ3v) is 10.1. The number of aromatic hydroxyl groups is 2. The summed E-state index contributed by atoms with van der Waals surface area (Å²) in [6.45, 7) is 7.17. The van der Waals surface area contributed by atoms with Gasteiger partial charge in [-0.25, -0.2) is 0 Å². The van der Waals surface area contributed by atoms with Crippen molar-refractivity contribution in [3.05, 3.63) is 79.4 Å². The molecule has 0 aliphatic heterocycles. The van der Waals surface area contributed by atoms with Gasteiger partial charge in [-0.05, 0) is 52.0 Å². The summed E-state index contributed by atoms with van der Waals surface area (Å²) in [6.07, 6.45) is 0. The molecule has 0 saturated carbocycles. The first-order chi connectivity index (χ1) is 26.9. The highest BCUT2D eigenvalue weighted by Gasteiger charge is 2.27. The van der Waals surface area contributed by atoms with Crippen molar-refractivity contribution in [1.82, 2.24) is 19.8 Å². The summed E-state index contributed by atoms with van der Waals surface area (Å²) in [5.41, 5.74) is -5.83. The lowest BCUT2D eigenvalue weighted by atomic mass is 10.0. The fourth-order valence-corrected chi connectivity index (χ4v) is 7.10. The van der Waals surface area contributed by atoms with Crippen LogP contribution in [0, 0.1) is 13.8 Å². The SMILES string of the molecule is CCn1c(O)c(N=Nc2ccc(-c3ccc(N=Nc4c(C)c(C(=O)NC(C)=O)c(=O)n(CC)c4O)cc3S(=O)(=O)O)c(S(=O)(=O)O)c2)c(C)c(C(=O)NC(C)=O)c1=O. The molecule has 0 unspecified atom stereocenters. The molecular formula is C34H34N8O14S2. The Morgan fingerprint density at radius 1 is 0.621 bits per heavy atom. The highest BCUT2D eigenvalue weighted by molar-refractivity contribution is 7.86. The first-order valence-electron chi connectivity index (χ1n) is 16.6. The van der Waals surface area contributed by atoms with E-state index in [9.17, 15) is 64.9 Å². The van der Waals surface area contributed by atoms with Gasteiger partial charge in [0.1, 0.15) is 32.3 Å². The molecule has 0 aliphatic rings. The standard InChI is InChI=1S/C34H34N8O14S2/c1-7-41-31(47)25(29(45)35-17(5)43)15(3)27(33(41)49)39-37-19-9-11-21(23(13-19)57(51,52)53)22-12-10-20(14-24(22)58(54,55)56)38-40-28-16(4)26(30(46)36-18(6)44)32(48)42(8-2)34(28)50/h9-14,49-50H,7-8H2,1-6H3,(H,35,43,45)(H,36,44,46)(H,51,52,53)(H,54,55,56).